The maximum Gasteiger partial charge on any atom is 0.343 e. The van der Waals surface area contributed by atoms with Gasteiger partial charge in [0.2, 0.25) is 0 Å². The van der Waals surface area contributed by atoms with E-state index < -0.39 is 11.0 Å². The second-order valence-corrected chi connectivity index (χ2v) is 3.56. The van der Waals surface area contributed by atoms with E-state index in [0.717, 1.165) is 12.8 Å². The molecule has 1 aromatic carbocycles. The van der Waals surface area contributed by atoms with Gasteiger partial charge in [-0.15, -0.1) is 0 Å². The van der Waals surface area contributed by atoms with Crippen molar-refractivity contribution in [3.63, 3.8) is 0 Å². The quantitative estimate of drug-likeness (QED) is 0.462. The van der Waals surface area contributed by atoms with Gasteiger partial charge in [0.05, 0.1) is 11.5 Å². The van der Waals surface area contributed by atoms with Crippen molar-refractivity contribution in [1.29, 1.82) is 0 Å². The Hall–Kier alpha value is -2.15. The zero-order chi connectivity index (χ0) is 13.4. The van der Waals surface area contributed by atoms with Crippen LogP contribution in [0, 0.1) is 10.1 Å². The number of amides is 2. The first-order chi connectivity index (χ1) is 8.63. The fourth-order valence-electron chi connectivity index (χ4n) is 1.16. The first-order valence-electron chi connectivity index (χ1n) is 5.56. The Balaban J connectivity index is 2.37. The van der Waals surface area contributed by atoms with Crippen LogP contribution in [0.15, 0.2) is 24.3 Å². The van der Waals surface area contributed by atoms with E-state index in [4.69, 9.17) is 4.84 Å². The number of unbranched alkanes of at least 4 members (excludes halogenated alkanes) is 1. The molecule has 18 heavy (non-hydrogen) atoms. The molecule has 0 atom stereocenters. The molecular formula is C11H15N3O4. The molecule has 0 heterocycles. The number of benzene rings is 1. The van der Waals surface area contributed by atoms with Crippen LogP contribution in [0.25, 0.3) is 0 Å². The Morgan fingerprint density at radius 3 is 2.61 bits per heavy atom. The molecule has 0 aliphatic rings. The van der Waals surface area contributed by atoms with Crippen LogP contribution in [0.5, 0.6) is 0 Å². The molecule has 0 aliphatic heterocycles. The van der Waals surface area contributed by atoms with Gasteiger partial charge in [0, 0.05) is 17.8 Å². The maximum absolute atomic E-state index is 11.3. The van der Waals surface area contributed by atoms with Gasteiger partial charge < -0.3 is 5.32 Å². The third kappa shape index (κ3) is 4.79. The number of carbonyl (C=O) groups excluding carboxylic acids is 1. The van der Waals surface area contributed by atoms with Gasteiger partial charge in [-0.25, -0.2) is 10.3 Å². The van der Waals surface area contributed by atoms with Crippen molar-refractivity contribution in [2.75, 3.05) is 11.9 Å². The summed E-state index contributed by atoms with van der Waals surface area (Å²) in [5.74, 6) is 0. The summed E-state index contributed by atoms with van der Waals surface area (Å²) in [4.78, 5) is 26.1. The number of nitro benzene ring substituents is 1. The molecule has 0 saturated heterocycles. The standard InChI is InChI=1S/C11H15N3O4/c1-2-3-8-18-13-11(15)12-9-4-6-10(7-5-9)14(16)17/h4-7H,2-3,8H2,1H3,(H2,12,13,15). The van der Waals surface area contributed by atoms with E-state index in [2.05, 4.69) is 10.8 Å². The second kappa shape index (κ2) is 7.23. The smallest absolute Gasteiger partial charge is 0.306 e. The number of non-ortho nitro benzene ring substituents is 1. The van der Waals surface area contributed by atoms with Crippen LogP contribution in [0.1, 0.15) is 19.8 Å². The highest BCUT2D eigenvalue weighted by molar-refractivity contribution is 5.88. The van der Waals surface area contributed by atoms with Crippen molar-refractivity contribution < 1.29 is 14.6 Å². The van der Waals surface area contributed by atoms with E-state index in [-0.39, 0.29) is 5.69 Å². The van der Waals surface area contributed by atoms with Crippen LogP contribution in [0.2, 0.25) is 0 Å². The van der Waals surface area contributed by atoms with E-state index in [1.807, 2.05) is 6.92 Å². The molecule has 0 saturated carbocycles. The fourth-order valence-corrected chi connectivity index (χ4v) is 1.16. The van der Waals surface area contributed by atoms with Crippen LogP contribution in [-0.2, 0) is 4.84 Å². The molecular weight excluding hydrogens is 238 g/mol. The number of nitrogens with zero attached hydrogens (tertiary/aromatic N) is 1. The fraction of sp³-hybridized carbons (Fsp3) is 0.364. The summed E-state index contributed by atoms with van der Waals surface area (Å²) in [5, 5.41) is 12.9. The van der Waals surface area contributed by atoms with Gasteiger partial charge in [0.25, 0.3) is 5.69 Å². The number of rotatable bonds is 6. The molecule has 0 aromatic heterocycles. The summed E-state index contributed by atoms with van der Waals surface area (Å²) >= 11 is 0. The lowest BCUT2D eigenvalue weighted by molar-refractivity contribution is -0.384. The van der Waals surface area contributed by atoms with Gasteiger partial charge in [-0.3, -0.25) is 15.0 Å². The molecule has 1 rings (SSSR count). The zero-order valence-electron chi connectivity index (χ0n) is 10.0. The van der Waals surface area contributed by atoms with Gasteiger partial charge in [0.15, 0.2) is 0 Å². The van der Waals surface area contributed by atoms with Gasteiger partial charge >= 0.3 is 6.03 Å². The number of hydrogen-bond donors (Lipinski definition) is 2. The van der Waals surface area contributed by atoms with E-state index >= 15 is 0 Å². The Morgan fingerprint density at radius 1 is 1.39 bits per heavy atom. The third-order valence-electron chi connectivity index (χ3n) is 2.10. The van der Waals surface area contributed by atoms with Crippen LogP contribution >= 0.6 is 0 Å². The van der Waals surface area contributed by atoms with Crippen molar-refractivity contribution in [3.05, 3.63) is 34.4 Å². The summed E-state index contributed by atoms with van der Waals surface area (Å²) in [6.45, 7) is 2.46. The number of nitro groups is 1. The first-order valence-corrected chi connectivity index (χ1v) is 5.56. The molecule has 2 amide bonds. The zero-order valence-corrected chi connectivity index (χ0v) is 10.0. The predicted molar refractivity (Wildman–Crippen MR) is 66.1 cm³/mol. The van der Waals surface area contributed by atoms with Crippen molar-refractivity contribution in [3.8, 4) is 0 Å². The van der Waals surface area contributed by atoms with E-state index in [9.17, 15) is 14.9 Å². The molecule has 7 heteroatoms. The maximum atomic E-state index is 11.3. The normalized spacial score (nSPS) is 9.83. The molecule has 0 spiro atoms. The highest BCUT2D eigenvalue weighted by Crippen LogP contribution is 2.14. The number of hydroxylamine groups is 1. The predicted octanol–water partition coefficient (Wildman–Crippen LogP) is 2.45. The van der Waals surface area contributed by atoms with Crippen LogP contribution < -0.4 is 10.8 Å². The van der Waals surface area contributed by atoms with Crippen molar-refractivity contribution in [2.24, 2.45) is 0 Å². The summed E-state index contributed by atoms with van der Waals surface area (Å²) in [6.07, 6.45) is 1.84. The first kappa shape index (κ1) is 13.9. The highest BCUT2D eigenvalue weighted by atomic mass is 16.7. The summed E-state index contributed by atoms with van der Waals surface area (Å²) in [5.41, 5.74) is 2.65. The molecule has 0 aliphatic carbocycles. The van der Waals surface area contributed by atoms with Crippen molar-refractivity contribution in [2.45, 2.75) is 19.8 Å². The monoisotopic (exact) mass is 253 g/mol. The number of carbonyl (C=O) groups is 1. The van der Waals surface area contributed by atoms with E-state index in [0.29, 0.717) is 12.3 Å². The lowest BCUT2D eigenvalue weighted by Crippen LogP contribution is -2.29. The lowest BCUT2D eigenvalue weighted by Gasteiger charge is -2.07. The van der Waals surface area contributed by atoms with E-state index in [1.54, 1.807) is 0 Å². The average Bonchev–Trinajstić information content (AvgIpc) is 2.35. The molecule has 0 unspecified atom stereocenters. The Kier molecular flexibility index (Phi) is 5.59. The Bertz CT molecular complexity index is 405. The highest BCUT2D eigenvalue weighted by Gasteiger charge is 2.05. The number of nitrogens with one attached hydrogen (secondary N) is 2. The molecule has 0 bridgehead atoms. The number of urea groups is 1. The molecule has 0 fully saturated rings. The van der Waals surface area contributed by atoms with Gasteiger partial charge in [0.1, 0.15) is 0 Å². The third-order valence-corrected chi connectivity index (χ3v) is 2.10. The van der Waals surface area contributed by atoms with Gasteiger partial charge in [-0.05, 0) is 18.6 Å². The minimum atomic E-state index is -0.514. The average molecular weight is 253 g/mol. The molecule has 98 valence electrons. The van der Waals surface area contributed by atoms with Crippen molar-refractivity contribution >= 4 is 17.4 Å². The van der Waals surface area contributed by atoms with Crippen LogP contribution in [0.3, 0.4) is 0 Å². The summed E-state index contributed by atoms with van der Waals surface area (Å²) in [7, 11) is 0. The van der Waals surface area contributed by atoms with Crippen molar-refractivity contribution in [1.82, 2.24) is 5.48 Å². The minimum Gasteiger partial charge on any atom is -0.306 e. The van der Waals surface area contributed by atoms with Gasteiger partial charge in [-0.1, -0.05) is 13.3 Å². The number of anilines is 1. The summed E-state index contributed by atoms with van der Waals surface area (Å²) in [6, 6.07) is 5.01. The second-order valence-electron chi connectivity index (χ2n) is 3.56. The summed E-state index contributed by atoms with van der Waals surface area (Å²) < 4.78 is 0. The van der Waals surface area contributed by atoms with Gasteiger partial charge in [-0.2, -0.15) is 0 Å². The Morgan fingerprint density at radius 2 is 2.06 bits per heavy atom. The molecule has 0 radical (unpaired) electrons. The molecule has 7 nitrogen and oxygen atoms in total. The topological polar surface area (TPSA) is 93.5 Å². The number of hydrogen-bond acceptors (Lipinski definition) is 4. The van der Waals surface area contributed by atoms with E-state index in [1.165, 1.54) is 24.3 Å². The molecule has 2 N–H and O–H groups in total. The molecule has 1 aromatic rings. The lowest BCUT2D eigenvalue weighted by atomic mass is 10.3. The van der Waals surface area contributed by atoms with Crippen LogP contribution in [-0.4, -0.2) is 17.6 Å². The minimum absolute atomic E-state index is 0.0276. The SMILES string of the molecule is CCCCONC(=O)Nc1ccc([N+](=O)[O-])cc1. The Labute approximate surface area is 104 Å². The largest absolute Gasteiger partial charge is 0.343 e. The van der Waals surface area contributed by atoms with Crippen LogP contribution in [0.4, 0.5) is 16.2 Å².